The Morgan fingerprint density at radius 2 is 1.65 bits per heavy atom. The maximum atomic E-state index is 11.7. The van der Waals surface area contributed by atoms with Gasteiger partial charge in [-0.05, 0) is 34.9 Å². The molecular formula is C18H15NO. The number of hydrogen-bond acceptors (Lipinski definition) is 1. The fourth-order valence-corrected chi connectivity index (χ4v) is 2.56. The summed E-state index contributed by atoms with van der Waals surface area (Å²) >= 11 is 0. The van der Waals surface area contributed by atoms with Crippen molar-refractivity contribution >= 4 is 16.7 Å². The van der Waals surface area contributed by atoms with E-state index in [1.807, 2.05) is 43.3 Å². The maximum absolute atomic E-state index is 11.7. The molecule has 2 nitrogen and oxygen atoms in total. The highest BCUT2D eigenvalue weighted by Crippen LogP contribution is 2.31. The van der Waals surface area contributed by atoms with E-state index in [-0.39, 0.29) is 0 Å². The molecule has 0 radical (unpaired) electrons. The quantitative estimate of drug-likeness (QED) is 0.746. The molecule has 0 aromatic heterocycles. The van der Waals surface area contributed by atoms with E-state index in [1.54, 1.807) is 6.07 Å². The summed E-state index contributed by atoms with van der Waals surface area (Å²) in [6, 6.07) is 20.0. The van der Waals surface area contributed by atoms with Crippen LogP contribution in [0, 0.1) is 6.92 Å². The molecule has 0 heterocycles. The summed E-state index contributed by atoms with van der Waals surface area (Å²) in [5.41, 5.74) is 9.12. The Labute approximate surface area is 117 Å². The average Bonchev–Trinajstić information content (AvgIpc) is 2.46. The largest absolute Gasteiger partial charge is 0.366 e. The van der Waals surface area contributed by atoms with Crippen molar-refractivity contribution in [1.82, 2.24) is 0 Å². The Morgan fingerprint density at radius 3 is 2.45 bits per heavy atom. The lowest BCUT2D eigenvalue weighted by Gasteiger charge is -2.11. The smallest absolute Gasteiger partial charge is 0.249 e. The van der Waals surface area contributed by atoms with E-state index in [1.165, 1.54) is 0 Å². The molecule has 20 heavy (non-hydrogen) atoms. The van der Waals surface area contributed by atoms with Gasteiger partial charge in [0, 0.05) is 5.56 Å². The standard InChI is InChI=1S/C18H15NO/c1-12-9-10-16(18(19)20)17(11-12)15-8-4-6-13-5-2-3-7-14(13)15/h2-11H,1H3,(H2,19,20). The molecule has 0 bridgehead atoms. The number of benzene rings is 3. The van der Waals surface area contributed by atoms with Crippen molar-refractivity contribution in [3.63, 3.8) is 0 Å². The molecule has 0 spiro atoms. The van der Waals surface area contributed by atoms with Crippen LogP contribution in [0.25, 0.3) is 21.9 Å². The summed E-state index contributed by atoms with van der Waals surface area (Å²) in [5.74, 6) is -0.395. The third-order valence-electron chi connectivity index (χ3n) is 3.52. The fourth-order valence-electron chi connectivity index (χ4n) is 2.56. The highest BCUT2D eigenvalue weighted by molar-refractivity contribution is 6.05. The van der Waals surface area contributed by atoms with Crippen LogP contribution >= 0.6 is 0 Å². The molecule has 3 aromatic rings. The lowest BCUT2D eigenvalue weighted by Crippen LogP contribution is -2.12. The molecule has 0 aliphatic rings. The molecule has 3 rings (SSSR count). The van der Waals surface area contributed by atoms with Gasteiger partial charge >= 0.3 is 0 Å². The van der Waals surface area contributed by atoms with Crippen molar-refractivity contribution in [2.75, 3.05) is 0 Å². The number of nitrogens with two attached hydrogens (primary N) is 1. The number of carbonyl (C=O) groups excluding carboxylic acids is 1. The van der Waals surface area contributed by atoms with E-state index < -0.39 is 5.91 Å². The number of hydrogen-bond donors (Lipinski definition) is 1. The van der Waals surface area contributed by atoms with Crippen molar-refractivity contribution in [3.8, 4) is 11.1 Å². The first-order valence-corrected chi connectivity index (χ1v) is 6.55. The first kappa shape index (κ1) is 12.4. The Balaban J connectivity index is 2.36. The third kappa shape index (κ3) is 2.05. The predicted molar refractivity (Wildman–Crippen MR) is 82.6 cm³/mol. The van der Waals surface area contributed by atoms with Crippen molar-refractivity contribution in [1.29, 1.82) is 0 Å². The maximum Gasteiger partial charge on any atom is 0.249 e. The van der Waals surface area contributed by atoms with Gasteiger partial charge < -0.3 is 5.73 Å². The Bertz CT molecular complexity index is 800. The van der Waals surface area contributed by atoms with Crippen molar-refractivity contribution < 1.29 is 4.79 Å². The number of rotatable bonds is 2. The number of primary amides is 1. The van der Waals surface area contributed by atoms with Crippen LogP contribution in [0.3, 0.4) is 0 Å². The van der Waals surface area contributed by atoms with Crippen molar-refractivity contribution in [3.05, 3.63) is 71.8 Å². The van der Waals surface area contributed by atoms with Gasteiger partial charge in [-0.1, -0.05) is 60.2 Å². The van der Waals surface area contributed by atoms with Gasteiger partial charge in [0.15, 0.2) is 0 Å². The highest BCUT2D eigenvalue weighted by atomic mass is 16.1. The van der Waals surface area contributed by atoms with Crippen molar-refractivity contribution in [2.24, 2.45) is 5.73 Å². The van der Waals surface area contributed by atoms with Crippen LogP contribution in [0.4, 0.5) is 0 Å². The second kappa shape index (κ2) is 4.82. The zero-order chi connectivity index (χ0) is 14.1. The monoisotopic (exact) mass is 261 g/mol. The predicted octanol–water partition coefficient (Wildman–Crippen LogP) is 3.91. The van der Waals surface area contributed by atoms with Crippen LogP contribution in [-0.2, 0) is 0 Å². The van der Waals surface area contributed by atoms with E-state index in [9.17, 15) is 4.79 Å². The van der Waals surface area contributed by atoms with Gasteiger partial charge in [-0.3, -0.25) is 4.79 Å². The minimum atomic E-state index is -0.395. The van der Waals surface area contributed by atoms with Crippen LogP contribution in [0.1, 0.15) is 15.9 Å². The first-order valence-electron chi connectivity index (χ1n) is 6.55. The Morgan fingerprint density at radius 1 is 0.900 bits per heavy atom. The summed E-state index contributed by atoms with van der Waals surface area (Å²) in [5, 5.41) is 2.28. The van der Waals surface area contributed by atoms with Gasteiger partial charge in [-0.2, -0.15) is 0 Å². The van der Waals surface area contributed by atoms with E-state index in [0.717, 1.165) is 27.5 Å². The number of carbonyl (C=O) groups is 1. The minimum Gasteiger partial charge on any atom is -0.366 e. The second-order valence-corrected chi connectivity index (χ2v) is 4.94. The Kier molecular flexibility index (Phi) is 2.99. The summed E-state index contributed by atoms with van der Waals surface area (Å²) in [6.07, 6.45) is 0. The summed E-state index contributed by atoms with van der Waals surface area (Å²) < 4.78 is 0. The molecule has 0 saturated carbocycles. The highest BCUT2D eigenvalue weighted by Gasteiger charge is 2.12. The normalized spacial score (nSPS) is 10.7. The summed E-state index contributed by atoms with van der Waals surface area (Å²) in [6.45, 7) is 2.01. The van der Waals surface area contributed by atoms with Gasteiger partial charge in [-0.25, -0.2) is 0 Å². The minimum absolute atomic E-state index is 0.395. The summed E-state index contributed by atoms with van der Waals surface area (Å²) in [7, 11) is 0. The number of aryl methyl sites for hydroxylation is 1. The first-order chi connectivity index (χ1) is 9.66. The third-order valence-corrected chi connectivity index (χ3v) is 3.52. The van der Waals surface area contributed by atoms with E-state index in [4.69, 9.17) is 5.73 Å². The SMILES string of the molecule is Cc1ccc(C(N)=O)c(-c2cccc3ccccc23)c1. The van der Waals surface area contributed by atoms with Crippen LogP contribution in [0.5, 0.6) is 0 Å². The van der Waals surface area contributed by atoms with Crippen LogP contribution in [0.2, 0.25) is 0 Å². The van der Waals surface area contributed by atoms with Crippen LogP contribution < -0.4 is 5.73 Å². The fraction of sp³-hybridized carbons (Fsp3) is 0.0556. The lowest BCUT2D eigenvalue weighted by atomic mass is 9.93. The molecule has 0 atom stereocenters. The molecule has 2 N–H and O–H groups in total. The zero-order valence-corrected chi connectivity index (χ0v) is 11.3. The van der Waals surface area contributed by atoms with Gasteiger partial charge in [0.25, 0.3) is 0 Å². The lowest BCUT2D eigenvalue weighted by molar-refractivity contribution is 0.100. The molecular weight excluding hydrogens is 246 g/mol. The molecule has 0 saturated heterocycles. The van der Waals surface area contributed by atoms with Gasteiger partial charge in [0.2, 0.25) is 5.91 Å². The average molecular weight is 261 g/mol. The number of fused-ring (bicyclic) bond motifs is 1. The van der Waals surface area contributed by atoms with Gasteiger partial charge in [-0.15, -0.1) is 0 Å². The zero-order valence-electron chi connectivity index (χ0n) is 11.3. The second-order valence-electron chi connectivity index (χ2n) is 4.94. The molecule has 3 aromatic carbocycles. The molecule has 0 aliphatic heterocycles. The Hall–Kier alpha value is -2.61. The molecule has 0 fully saturated rings. The van der Waals surface area contributed by atoms with E-state index in [0.29, 0.717) is 5.56 Å². The van der Waals surface area contributed by atoms with Gasteiger partial charge in [0.05, 0.1) is 0 Å². The van der Waals surface area contributed by atoms with E-state index >= 15 is 0 Å². The number of amides is 1. The molecule has 2 heteroatoms. The molecule has 0 unspecified atom stereocenters. The summed E-state index contributed by atoms with van der Waals surface area (Å²) in [4.78, 5) is 11.7. The molecule has 1 amide bonds. The van der Waals surface area contributed by atoms with Crippen LogP contribution in [-0.4, -0.2) is 5.91 Å². The van der Waals surface area contributed by atoms with Crippen LogP contribution in [0.15, 0.2) is 60.7 Å². The molecule has 0 aliphatic carbocycles. The van der Waals surface area contributed by atoms with Gasteiger partial charge in [0.1, 0.15) is 0 Å². The van der Waals surface area contributed by atoms with E-state index in [2.05, 4.69) is 18.2 Å². The molecule has 98 valence electrons. The topological polar surface area (TPSA) is 43.1 Å². The van der Waals surface area contributed by atoms with Crippen molar-refractivity contribution in [2.45, 2.75) is 6.92 Å².